The summed E-state index contributed by atoms with van der Waals surface area (Å²) in [6.07, 6.45) is 0. The molecule has 0 saturated carbocycles. The molecule has 1 atom stereocenters. The molecular formula is C21H25ClFN3O2. The standard InChI is InChI=1S/C21H25ClFN3O2/c1-3-26(14-20(27)24-12-17-6-10-19(23)11-7-17)15(2)21(28)25-13-16-4-8-18(22)9-5-16/h4-11,15H,3,12-14H2,1-2H3,(H,24,27)(H,25,28). The van der Waals surface area contributed by atoms with E-state index in [2.05, 4.69) is 10.6 Å². The van der Waals surface area contributed by atoms with Crippen molar-refractivity contribution in [1.29, 1.82) is 0 Å². The molecule has 0 bridgehead atoms. The minimum absolute atomic E-state index is 0.104. The predicted molar refractivity (Wildman–Crippen MR) is 108 cm³/mol. The molecule has 1 unspecified atom stereocenters. The third kappa shape index (κ3) is 6.94. The maximum Gasteiger partial charge on any atom is 0.237 e. The molecule has 0 heterocycles. The first-order chi connectivity index (χ1) is 13.4. The van der Waals surface area contributed by atoms with Crippen LogP contribution in [0.5, 0.6) is 0 Å². The van der Waals surface area contributed by atoms with E-state index < -0.39 is 6.04 Å². The number of benzene rings is 2. The number of amides is 2. The number of halogens is 2. The molecule has 0 radical (unpaired) electrons. The topological polar surface area (TPSA) is 61.4 Å². The summed E-state index contributed by atoms with van der Waals surface area (Å²) >= 11 is 5.86. The molecule has 7 heteroatoms. The molecule has 2 aromatic carbocycles. The van der Waals surface area contributed by atoms with Crippen molar-refractivity contribution in [2.24, 2.45) is 0 Å². The van der Waals surface area contributed by atoms with Gasteiger partial charge in [0.25, 0.3) is 0 Å². The average Bonchev–Trinajstić information content (AvgIpc) is 2.70. The van der Waals surface area contributed by atoms with Gasteiger partial charge in [-0.15, -0.1) is 0 Å². The summed E-state index contributed by atoms with van der Waals surface area (Å²) in [5, 5.41) is 6.32. The number of nitrogens with zero attached hydrogens (tertiary/aromatic N) is 1. The highest BCUT2D eigenvalue weighted by Crippen LogP contribution is 2.09. The second-order valence-electron chi connectivity index (χ2n) is 6.49. The van der Waals surface area contributed by atoms with Gasteiger partial charge in [-0.25, -0.2) is 4.39 Å². The second-order valence-corrected chi connectivity index (χ2v) is 6.92. The van der Waals surface area contributed by atoms with Gasteiger partial charge in [0.05, 0.1) is 12.6 Å². The van der Waals surface area contributed by atoms with E-state index in [1.165, 1.54) is 12.1 Å². The van der Waals surface area contributed by atoms with Crippen molar-refractivity contribution >= 4 is 23.4 Å². The molecule has 2 rings (SSSR count). The van der Waals surface area contributed by atoms with Crippen molar-refractivity contribution in [2.45, 2.75) is 33.0 Å². The molecule has 0 aliphatic heterocycles. The zero-order valence-corrected chi connectivity index (χ0v) is 16.8. The minimum Gasteiger partial charge on any atom is -0.351 e. The van der Waals surface area contributed by atoms with Crippen LogP contribution < -0.4 is 10.6 Å². The van der Waals surface area contributed by atoms with E-state index >= 15 is 0 Å². The average molecular weight is 406 g/mol. The van der Waals surface area contributed by atoms with E-state index in [9.17, 15) is 14.0 Å². The molecule has 2 aromatic rings. The zero-order chi connectivity index (χ0) is 20.5. The van der Waals surface area contributed by atoms with Crippen molar-refractivity contribution in [1.82, 2.24) is 15.5 Å². The van der Waals surface area contributed by atoms with Gasteiger partial charge in [-0.1, -0.05) is 42.8 Å². The summed E-state index contributed by atoms with van der Waals surface area (Å²) in [7, 11) is 0. The molecule has 2 N–H and O–H groups in total. The normalized spacial score (nSPS) is 11.9. The van der Waals surface area contributed by atoms with Crippen molar-refractivity contribution in [2.75, 3.05) is 13.1 Å². The smallest absolute Gasteiger partial charge is 0.237 e. The molecule has 5 nitrogen and oxygen atoms in total. The van der Waals surface area contributed by atoms with Crippen LogP contribution in [0.25, 0.3) is 0 Å². The van der Waals surface area contributed by atoms with Crippen molar-refractivity contribution in [3.8, 4) is 0 Å². The number of hydrogen-bond donors (Lipinski definition) is 2. The van der Waals surface area contributed by atoms with Crippen LogP contribution >= 0.6 is 11.6 Å². The zero-order valence-electron chi connectivity index (χ0n) is 16.0. The second kappa shape index (κ2) is 10.8. The Bertz CT molecular complexity index is 781. The van der Waals surface area contributed by atoms with Gasteiger partial charge >= 0.3 is 0 Å². The Hall–Kier alpha value is -2.44. The molecular weight excluding hydrogens is 381 g/mol. The Morgan fingerprint density at radius 3 is 2.11 bits per heavy atom. The Kier molecular flexibility index (Phi) is 8.42. The lowest BCUT2D eigenvalue weighted by Gasteiger charge is -2.26. The first-order valence-corrected chi connectivity index (χ1v) is 9.54. The predicted octanol–water partition coefficient (Wildman–Crippen LogP) is 3.12. The fourth-order valence-corrected chi connectivity index (χ4v) is 2.80. The maximum atomic E-state index is 12.9. The molecule has 2 amide bonds. The lowest BCUT2D eigenvalue weighted by Crippen LogP contribution is -2.48. The van der Waals surface area contributed by atoms with E-state index in [0.717, 1.165) is 11.1 Å². The maximum absolute atomic E-state index is 12.9. The molecule has 0 aromatic heterocycles. The molecule has 0 saturated heterocycles. The highest BCUT2D eigenvalue weighted by atomic mass is 35.5. The van der Waals surface area contributed by atoms with Crippen LogP contribution in [0.1, 0.15) is 25.0 Å². The monoisotopic (exact) mass is 405 g/mol. The number of hydrogen-bond acceptors (Lipinski definition) is 3. The van der Waals surface area contributed by atoms with Crippen molar-refractivity contribution < 1.29 is 14.0 Å². The molecule has 150 valence electrons. The van der Waals surface area contributed by atoms with Crippen molar-refractivity contribution in [3.63, 3.8) is 0 Å². The van der Waals surface area contributed by atoms with Crippen LogP contribution in [-0.2, 0) is 22.7 Å². The van der Waals surface area contributed by atoms with Gasteiger partial charge in [0, 0.05) is 18.1 Å². The van der Waals surface area contributed by atoms with Gasteiger partial charge in [-0.2, -0.15) is 0 Å². The van der Waals surface area contributed by atoms with Crippen molar-refractivity contribution in [3.05, 3.63) is 70.5 Å². The first-order valence-electron chi connectivity index (χ1n) is 9.16. The fraction of sp³-hybridized carbons (Fsp3) is 0.333. The summed E-state index contributed by atoms with van der Waals surface area (Å²) in [5.41, 5.74) is 1.76. The van der Waals surface area contributed by atoms with Crippen LogP contribution in [-0.4, -0.2) is 35.8 Å². The molecule has 0 spiro atoms. The van der Waals surface area contributed by atoms with Crippen LogP contribution in [0.15, 0.2) is 48.5 Å². The molecule has 0 aliphatic carbocycles. The van der Waals surface area contributed by atoms with E-state index in [1.807, 2.05) is 19.1 Å². The van der Waals surface area contributed by atoms with Gasteiger partial charge in [0.2, 0.25) is 11.8 Å². The number of nitrogens with one attached hydrogen (secondary N) is 2. The fourth-order valence-electron chi connectivity index (χ4n) is 2.67. The first kappa shape index (κ1) is 21.9. The number of carbonyl (C=O) groups is 2. The summed E-state index contributed by atoms with van der Waals surface area (Å²) < 4.78 is 12.9. The van der Waals surface area contributed by atoms with E-state index in [4.69, 9.17) is 11.6 Å². The molecule has 0 fully saturated rings. The van der Waals surface area contributed by atoms with Crippen LogP contribution in [0.3, 0.4) is 0 Å². The lowest BCUT2D eigenvalue weighted by atomic mass is 10.2. The SMILES string of the molecule is CCN(CC(=O)NCc1ccc(F)cc1)C(C)C(=O)NCc1ccc(Cl)cc1. The number of likely N-dealkylation sites (N-methyl/N-ethyl adjacent to an activating group) is 1. The highest BCUT2D eigenvalue weighted by molar-refractivity contribution is 6.30. The Morgan fingerprint density at radius 2 is 1.54 bits per heavy atom. The van der Waals surface area contributed by atoms with Gasteiger partial charge < -0.3 is 10.6 Å². The quantitative estimate of drug-likeness (QED) is 0.673. The third-order valence-electron chi connectivity index (χ3n) is 4.46. The van der Waals surface area contributed by atoms with E-state index in [0.29, 0.717) is 24.7 Å². The summed E-state index contributed by atoms with van der Waals surface area (Å²) in [4.78, 5) is 26.4. The summed E-state index contributed by atoms with van der Waals surface area (Å²) in [5.74, 6) is -0.655. The lowest BCUT2D eigenvalue weighted by molar-refractivity contribution is -0.128. The summed E-state index contributed by atoms with van der Waals surface area (Å²) in [6, 6.07) is 12.8. The van der Waals surface area contributed by atoms with E-state index in [1.54, 1.807) is 36.1 Å². The Balaban J connectivity index is 1.81. The van der Waals surface area contributed by atoms with Gasteiger partial charge in [0.1, 0.15) is 5.82 Å². The third-order valence-corrected chi connectivity index (χ3v) is 4.71. The van der Waals surface area contributed by atoms with Crippen LogP contribution in [0.2, 0.25) is 5.02 Å². The molecule has 0 aliphatic rings. The largest absolute Gasteiger partial charge is 0.351 e. The Labute approximate surface area is 169 Å². The minimum atomic E-state index is -0.450. The van der Waals surface area contributed by atoms with Crippen LogP contribution in [0.4, 0.5) is 4.39 Å². The highest BCUT2D eigenvalue weighted by Gasteiger charge is 2.21. The van der Waals surface area contributed by atoms with Crippen LogP contribution in [0, 0.1) is 5.82 Å². The number of carbonyl (C=O) groups excluding carboxylic acids is 2. The van der Waals surface area contributed by atoms with Gasteiger partial charge in [-0.05, 0) is 48.9 Å². The summed E-state index contributed by atoms with van der Waals surface area (Å²) in [6.45, 7) is 5.04. The number of rotatable bonds is 9. The van der Waals surface area contributed by atoms with Gasteiger partial charge in [0.15, 0.2) is 0 Å². The van der Waals surface area contributed by atoms with Gasteiger partial charge in [-0.3, -0.25) is 14.5 Å². The van der Waals surface area contributed by atoms with E-state index in [-0.39, 0.29) is 24.2 Å². The Morgan fingerprint density at radius 1 is 1.00 bits per heavy atom. The molecule has 28 heavy (non-hydrogen) atoms.